The zero-order valence-electron chi connectivity index (χ0n) is 8.43. The van der Waals surface area contributed by atoms with Crippen molar-refractivity contribution < 1.29 is 4.74 Å². The molecule has 2 aliphatic rings. The summed E-state index contributed by atoms with van der Waals surface area (Å²) in [4.78, 5) is 0. The molecule has 1 aliphatic heterocycles. The standard InChI is InChI=1S/C11H21NO/c1-2-8-12-10(4-1)7-9-13-11-5-3-6-11/h10-12H,1-9H2. The molecule has 0 aromatic heterocycles. The van der Waals surface area contributed by atoms with Crippen LogP contribution in [0.15, 0.2) is 0 Å². The Morgan fingerprint density at radius 1 is 1.08 bits per heavy atom. The summed E-state index contributed by atoms with van der Waals surface area (Å²) in [6.07, 6.45) is 9.94. The number of nitrogens with one attached hydrogen (secondary N) is 1. The Morgan fingerprint density at radius 2 is 2.00 bits per heavy atom. The summed E-state index contributed by atoms with van der Waals surface area (Å²) in [6.45, 7) is 2.19. The molecular weight excluding hydrogens is 162 g/mol. The molecule has 1 N–H and O–H groups in total. The molecule has 0 aromatic rings. The Bertz CT molecular complexity index is 139. The van der Waals surface area contributed by atoms with Gasteiger partial charge in [0.25, 0.3) is 0 Å². The molecule has 2 rings (SSSR count). The molecule has 0 aromatic carbocycles. The minimum atomic E-state index is 0.614. The van der Waals surface area contributed by atoms with Crippen molar-refractivity contribution in [2.45, 2.75) is 57.1 Å². The molecule has 1 saturated carbocycles. The Morgan fingerprint density at radius 3 is 2.62 bits per heavy atom. The maximum Gasteiger partial charge on any atom is 0.0575 e. The summed E-state index contributed by atoms with van der Waals surface area (Å²) in [6, 6.07) is 0.744. The van der Waals surface area contributed by atoms with Gasteiger partial charge in [0.1, 0.15) is 0 Å². The summed E-state index contributed by atoms with van der Waals surface area (Å²) >= 11 is 0. The van der Waals surface area contributed by atoms with Crippen molar-refractivity contribution >= 4 is 0 Å². The molecule has 0 radical (unpaired) electrons. The van der Waals surface area contributed by atoms with Crippen molar-refractivity contribution in [3.05, 3.63) is 0 Å². The first-order chi connectivity index (χ1) is 6.45. The van der Waals surface area contributed by atoms with Crippen LogP contribution in [0.2, 0.25) is 0 Å². The van der Waals surface area contributed by atoms with E-state index in [1.54, 1.807) is 0 Å². The van der Waals surface area contributed by atoms with Crippen LogP contribution in [-0.4, -0.2) is 25.3 Å². The maximum absolute atomic E-state index is 5.74. The van der Waals surface area contributed by atoms with E-state index in [1.807, 2.05) is 0 Å². The normalized spacial score (nSPS) is 30.0. The summed E-state index contributed by atoms with van der Waals surface area (Å²) < 4.78 is 5.74. The van der Waals surface area contributed by atoms with Crippen molar-refractivity contribution in [2.75, 3.05) is 13.2 Å². The van der Waals surface area contributed by atoms with Crippen molar-refractivity contribution in [1.82, 2.24) is 5.32 Å². The molecule has 0 spiro atoms. The van der Waals surface area contributed by atoms with Gasteiger partial charge in [-0.25, -0.2) is 0 Å². The van der Waals surface area contributed by atoms with Crippen LogP contribution in [0.25, 0.3) is 0 Å². The smallest absolute Gasteiger partial charge is 0.0575 e. The number of ether oxygens (including phenoxy) is 1. The summed E-state index contributed by atoms with van der Waals surface area (Å²) in [7, 11) is 0. The Labute approximate surface area is 81.0 Å². The van der Waals surface area contributed by atoms with E-state index in [-0.39, 0.29) is 0 Å². The molecule has 2 heteroatoms. The summed E-state index contributed by atoms with van der Waals surface area (Å²) in [5.41, 5.74) is 0. The van der Waals surface area contributed by atoms with Crippen molar-refractivity contribution in [3.8, 4) is 0 Å². The van der Waals surface area contributed by atoms with Crippen LogP contribution >= 0.6 is 0 Å². The molecule has 1 aliphatic carbocycles. The van der Waals surface area contributed by atoms with Gasteiger partial charge in [-0.3, -0.25) is 0 Å². The minimum Gasteiger partial charge on any atom is -0.378 e. The number of hydrogen-bond acceptors (Lipinski definition) is 2. The zero-order valence-corrected chi connectivity index (χ0v) is 8.43. The van der Waals surface area contributed by atoms with Crippen molar-refractivity contribution in [1.29, 1.82) is 0 Å². The SMILES string of the molecule is C1CCC(CCOC2CCC2)NC1. The van der Waals surface area contributed by atoms with E-state index in [2.05, 4.69) is 5.32 Å². The molecule has 1 atom stereocenters. The van der Waals surface area contributed by atoms with Gasteiger partial charge in [0, 0.05) is 12.6 Å². The Hall–Kier alpha value is -0.0800. The van der Waals surface area contributed by atoms with Crippen LogP contribution in [0.4, 0.5) is 0 Å². The lowest BCUT2D eigenvalue weighted by Crippen LogP contribution is -2.35. The molecule has 0 bridgehead atoms. The van der Waals surface area contributed by atoms with Gasteiger partial charge in [-0.15, -0.1) is 0 Å². The number of piperidine rings is 1. The van der Waals surface area contributed by atoms with Crippen LogP contribution < -0.4 is 5.32 Å². The van der Waals surface area contributed by atoms with Crippen LogP contribution in [0, 0.1) is 0 Å². The first-order valence-corrected chi connectivity index (χ1v) is 5.80. The summed E-state index contributed by atoms with van der Waals surface area (Å²) in [5.74, 6) is 0. The van der Waals surface area contributed by atoms with E-state index in [0.717, 1.165) is 12.6 Å². The maximum atomic E-state index is 5.74. The van der Waals surface area contributed by atoms with Gasteiger partial charge >= 0.3 is 0 Å². The van der Waals surface area contributed by atoms with Crippen LogP contribution in [0.5, 0.6) is 0 Å². The molecule has 1 saturated heterocycles. The molecule has 13 heavy (non-hydrogen) atoms. The van der Waals surface area contributed by atoms with Crippen molar-refractivity contribution in [2.24, 2.45) is 0 Å². The average Bonchev–Trinajstić information content (AvgIpc) is 2.11. The first kappa shape index (κ1) is 9.47. The second-order valence-corrected chi connectivity index (χ2v) is 4.36. The van der Waals surface area contributed by atoms with E-state index in [1.165, 1.54) is 51.5 Å². The van der Waals surface area contributed by atoms with E-state index < -0.39 is 0 Å². The fourth-order valence-corrected chi connectivity index (χ4v) is 2.08. The molecular formula is C11H21NO. The van der Waals surface area contributed by atoms with Crippen LogP contribution in [0.1, 0.15) is 44.9 Å². The topological polar surface area (TPSA) is 21.3 Å². The Balaban J connectivity index is 1.50. The lowest BCUT2D eigenvalue weighted by Gasteiger charge is -2.28. The third kappa shape index (κ3) is 2.96. The van der Waals surface area contributed by atoms with E-state index in [0.29, 0.717) is 6.10 Å². The molecule has 0 amide bonds. The second kappa shape index (κ2) is 4.97. The molecule has 2 nitrogen and oxygen atoms in total. The Kier molecular flexibility index (Phi) is 3.62. The molecule has 1 heterocycles. The fourth-order valence-electron chi connectivity index (χ4n) is 2.08. The zero-order chi connectivity index (χ0) is 8.93. The van der Waals surface area contributed by atoms with E-state index >= 15 is 0 Å². The van der Waals surface area contributed by atoms with Crippen molar-refractivity contribution in [3.63, 3.8) is 0 Å². The average molecular weight is 183 g/mol. The highest BCUT2D eigenvalue weighted by Crippen LogP contribution is 2.22. The predicted octanol–water partition coefficient (Wildman–Crippen LogP) is 2.09. The van der Waals surface area contributed by atoms with Gasteiger partial charge in [0.2, 0.25) is 0 Å². The second-order valence-electron chi connectivity index (χ2n) is 4.36. The van der Waals surface area contributed by atoms with Gasteiger partial charge < -0.3 is 10.1 Å². The first-order valence-electron chi connectivity index (χ1n) is 5.80. The lowest BCUT2D eigenvalue weighted by molar-refractivity contribution is -0.00248. The summed E-state index contributed by atoms with van der Waals surface area (Å²) in [5, 5.41) is 3.55. The lowest BCUT2D eigenvalue weighted by atomic mass is 9.96. The largest absolute Gasteiger partial charge is 0.378 e. The van der Waals surface area contributed by atoms with Gasteiger partial charge in [0.15, 0.2) is 0 Å². The minimum absolute atomic E-state index is 0.614. The molecule has 2 fully saturated rings. The van der Waals surface area contributed by atoms with Crippen LogP contribution in [-0.2, 0) is 4.74 Å². The highest BCUT2D eigenvalue weighted by Gasteiger charge is 2.18. The van der Waals surface area contributed by atoms with E-state index in [4.69, 9.17) is 4.74 Å². The fraction of sp³-hybridized carbons (Fsp3) is 1.00. The highest BCUT2D eigenvalue weighted by molar-refractivity contribution is 4.73. The number of rotatable bonds is 4. The van der Waals surface area contributed by atoms with Gasteiger partial charge in [-0.05, 0) is 45.1 Å². The van der Waals surface area contributed by atoms with E-state index in [9.17, 15) is 0 Å². The quantitative estimate of drug-likeness (QED) is 0.720. The third-order valence-electron chi connectivity index (χ3n) is 3.28. The third-order valence-corrected chi connectivity index (χ3v) is 3.28. The van der Waals surface area contributed by atoms with Gasteiger partial charge in [0.05, 0.1) is 6.10 Å². The van der Waals surface area contributed by atoms with Gasteiger partial charge in [-0.1, -0.05) is 6.42 Å². The molecule has 76 valence electrons. The predicted molar refractivity (Wildman–Crippen MR) is 53.8 cm³/mol. The number of hydrogen-bond donors (Lipinski definition) is 1. The van der Waals surface area contributed by atoms with Crippen LogP contribution in [0.3, 0.4) is 0 Å². The monoisotopic (exact) mass is 183 g/mol. The molecule has 1 unspecified atom stereocenters. The highest BCUT2D eigenvalue weighted by atomic mass is 16.5. The van der Waals surface area contributed by atoms with Gasteiger partial charge in [-0.2, -0.15) is 0 Å².